The van der Waals surface area contributed by atoms with Gasteiger partial charge in [0.2, 0.25) is 0 Å². The number of benzene rings is 3. The lowest BCUT2D eigenvalue weighted by Crippen LogP contribution is -2.31. The molecule has 1 aliphatic carbocycles. The molecule has 3 N–H and O–H groups in total. The van der Waals surface area contributed by atoms with E-state index in [0.29, 0.717) is 14.8 Å². The number of amides is 2. The Morgan fingerprint density at radius 3 is 2.21 bits per heavy atom. The van der Waals surface area contributed by atoms with Crippen molar-refractivity contribution in [3.63, 3.8) is 0 Å². The van der Waals surface area contributed by atoms with E-state index in [0.717, 1.165) is 22.3 Å². The van der Waals surface area contributed by atoms with Gasteiger partial charge in [-0.1, -0.05) is 55.5 Å². The van der Waals surface area contributed by atoms with E-state index >= 15 is 0 Å². The van der Waals surface area contributed by atoms with Gasteiger partial charge in [0.05, 0.1) is 11.6 Å². The van der Waals surface area contributed by atoms with Gasteiger partial charge in [0.25, 0.3) is 5.91 Å². The second-order valence-corrected chi connectivity index (χ2v) is 9.26. The average Bonchev–Trinajstić information content (AvgIpc) is 3.16. The standard InChI is InChI=1S/C26H23IN2O5/c1-15(25(31)32)13-28-24(30)16-10-11-23(22(27)12-16)29-26(33)34-14-21-19-8-4-2-6-17(19)18-7-3-5-9-20(18)21/h2-12,15,21H,13-14H2,1H3,(H,28,30)(H,29,33)(H,31,32). The summed E-state index contributed by atoms with van der Waals surface area (Å²) in [6.07, 6.45) is -0.577. The number of halogens is 1. The Labute approximate surface area is 210 Å². The van der Waals surface area contributed by atoms with Gasteiger partial charge in [-0.15, -0.1) is 0 Å². The molecule has 0 saturated heterocycles. The molecule has 3 aromatic rings. The SMILES string of the molecule is CC(CNC(=O)c1ccc(NC(=O)OCC2c3ccccc3-c3ccccc32)c(I)c1)C(=O)O. The number of hydrogen-bond donors (Lipinski definition) is 3. The Kier molecular flexibility index (Phi) is 7.16. The lowest BCUT2D eigenvalue weighted by molar-refractivity contribution is -0.140. The van der Waals surface area contributed by atoms with Gasteiger partial charge in [-0.05, 0) is 63.0 Å². The fourth-order valence-electron chi connectivity index (χ4n) is 3.94. The monoisotopic (exact) mass is 570 g/mol. The van der Waals surface area contributed by atoms with Crippen LogP contribution in [0.2, 0.25) is 0 Å². The Bertz CT molecular complexity index is 1210. The van der Waals surface area contributed by atoms with Crippen molar-refractivity contribution in [3.05, 3.63) is 87.0 Å². The highest BCUT2D eigenvalue weighted by atomic mass is 127. The van der Waals surface area contributed by atoms with Crippen LogP contribution in [0.1, 0.15) is 34.3 Å². The second-order valence-electron chi connectivity index (χ2n) is 8.09. The Morgan fingerprint density at radius 1 is 1.00 bits per heavy atom. The summed E-state index contributed by atoms with van der Waals surface area (Å²) in [4.78, 5) is 35.7. The highest BCUT2D eigenvalue weighted by Gasteiger charge is 2.29. The summed E-state index contributed by atoms with van der Waals surface area (Å²) >= 11 is 2.03. The van der Waals surface area contributed by atoms with Gasteiger partial charge < -0.3 is 15.2 Å². The van der Waals surface area contributed by atoms with E-state index in [4.69, 9.17) is 9.84 Å². The maximum absolute atomic E-state index is 12.5. The lowest BCUT2D eigenvalue weighted by Gasteiger charge is -2.15. The predicted molar refractivity (Wildman–Crippen MR) is 137 cm³/mol. The van der Waals surface area contributed by atoms with Crippen LogP contribution in [0.3, 0.4) is 0 Å². The van der Waals surface area contributed by atoms with E-state index < -0.39 is 18.0 Å². The molecule has 174 valence electrons. The van der Waals surface area contributed by atoms with Crippen molar-refractivity contribution in [1.29, 1.82) is 0 Å². The molecule has 1 aliphatic rings. The van der Waals surface area contributed by atoms with Crippen LogP contribution in [-0.4, -0.2) is 36.2 Å². The fraction of sp³-hybridized carbons (Fsp3) is 0.192. The molecule has 7 nitrogen and oxygen atoms in total. The number of carboxylic acids is 1. The first-order valence-corrected chi connectivity index (χ1v) is 11.9. The zero-order valence-corrected chi connectivity index (χ0v) is 20.5. The highest BCUT2D eigenvalue weighted by Crippen LogP contribution is 2.44. The smallest absolute Gasteiger partial charge is 0.411 e. The van der Waals surface area contributed by atoms with Crippen molar-refractivity contribution in [3.8, 4) is 11.1 Å². The molecule has 0 spiro atoms. The number of aliphatic carboxylic acids is 1. The first-order chi connectivity index (χ1) is 16.3. The topological polar surface area (TPSA) is 105 Å². The van der Waals surface area contributed by atoms with Gasteiger partial charge in [0.1, 0.15) is 6.61 Å². The third-order valence-electron chi connectivity index (χ3n) is 5.80. The number of nitrogens with one attached hydrogen (secondary N) is 2. The Balaban J connectivity index is 1.37. The van der Waals surface area contributed by atoms with Crippen LogP contribution in [0.15, 0.2) is 66.7 Å². The first kappa shape index (κ1) is 23.7. The van der Waals surface area contributed by atoms with Gasteiger partial charge in [0.15, 0.2) is 0 Å². The van der Waals surface area contributed by atoms with Crippen LogP contribution in [0, 0.1) is 9.49 Å². The maximum Gasteiger partial charge on any atom is 0.411 e. The van der Waals surface area contributed by atoms with Crippen LogP contribution in [0.5, 0.6) is 0 Å². The molecule has 3 aromatic carbocycles. The number of fused-ring (bicyclic) bond motifs is 3. The molecule has 4 rings (SSSR count). The summed E-state index contributed by atoms with van der Waals surface area (Å²) in [5.41, 5.74) is 5.49. The Hall–Kier alpha value is -3.40. The van der Waals surface area contributed by atoms with E-state index in [2.05, 4.69) is 34.9 Å². The third-order valence-corrected chi connectivity index (χ3v) is 6.69. The summed E-state index contributed by atoms with van der Waals surface area (Å²) < 4.78 is 6.23. The second kappa shape index (κ2) is 10.3. The number of hydrogen-bond acceptors (Lipinski definition) is 4. The molecule has 1 atom stereocenters. The molecule has 0 saturated carbocycles. The number of carboxylic acid groups (broad SMARTS) is 1. The number of anilines is 1. The van der Waals surface area contributed by atoms with Gasteiger partial charge >= 0.3 is 12.1 Å². The van der Waals surface area contributed by atoms with Crippen LogP contribution >= 0.6 is 22.6 Å². The molecule has 0 aliphatic heterocycles. The number of carbonyl (C=O) groups excluding carboxylic acids is 2. The summed E-state index contributed by atoms with van der Waals surface area (Å²) in [7, 11) is 0. The first-order valence-electron chi connectivity index (χ1n) is 10.8. The molecule has 34 heavy (non-hydrogen) atoms. The number of rotatable bonds is 7. The van der Waals surface area contributed by atoms with E-state index in [1.54, 1.807) is 18.2 Å². The zero-order valence-electron chi connectivity index (χ0n) is 18.4. The van der Waals surface area contributed by atoms with Crippen molar-refractivity contribution in [2.75, 3.05) is 18.5 Å². The number of carbonyl (C=O) groups is 3. The van der Waals surface area contributed by atoms with Crippen LogP contribution in [0.4, 0.5) is 10.5 Å². The van der Waals surface area contributed by atoms with Crippen LogP contribution in [-0.2, 0) is 9.53 Å². The fourth-order valence-corrected chi connectivity index (χ4v) is 4.59. The summed E-state index contributed by atoms with van der Waals surface area (Å²) in [5.74, 6) is -2.06. The highest BCUT2D eigenvalue weighted by molar-refractivity contribution is 14.1. The van der Waals surface area contributed by atoms with E-state index in [-0.39, 0.29) is 25.0 Å². The van der Waals surface area contributed by atoms with E-state index in [1.807, 2.05) is 46.9 Å². The van der Waals surface area contributed by atoms with Crippen molar-refractivity contribution in [2.45, 2.75) is 12.8 Å². The normalized spacial score (nSPS) is 12.9. The summed E-state index contributed by atoms with van der Waals surface area (Å²) in [5, 5.41) is 14.3. The van der Waals surface area contributed by atoms with Crippen molar-refractivity contribution < 1.29 is 24.2 Å². The Morgan fingerprint density at radius 2 is 1.62 bits per heavy atom. The molecule has 0 bridgehead atoms. The van der Waals surface area contributed by atoms with Gasteiger partial charge in [0, 0.05) is 21.6 Å². The van der Waals surface area contributed by atoms with Crippen molar-refractivity contribution >= 4 is 46.2 Å². The van der Waals surface area contributed by atoms with E-state index in [1.165, 1.54) is 6.92 Å². The minimum atomic E-state index is -0.975. The molecule has 0 radical (unpaired) electrons. The summed E-state index contributed by atoms with van der Waals surface area (Å²) in [6, 6.07) is 21.1. The van der Waals surface area contributed by atoms with Gasteiger partial charge in [-0.2, -0.15) is 0 Å². The van der Waals surface area contributed by atoms with Crippen LogP contribution < -0.4 is 10.6 Å². The third kappa shape index (κ3) is 5.06. The molecule has 0 heterocycles. The average molecular weight is 570 g/mol. The molecular weight excluding hydrogens is 547 g/mol. The van der Waals surface area contributed by atoms with Crippen molar-refractivity contribution in [1.82, 2.24) is 5.32 Å². The minimum absolute atomic E-state index is 0.0310. The largest absolute Gasteiger partial charge is 0.481 e. The molecule has 0 aromatic heterocycles. The molecule has 1 unspecified atom stereocenters. The van der Waals surface area contributed by atoms with Gasteiger partial charge in [-0.25, -0.2) is 4.79 Å². The molecular formula is C26H23IN2O5. The molecule has 8 heteroatoms. The predicted octanol–water partition coefficient (Wildman–Crippen LogP) is 5.10. The molecule has 0 fully saturated rings. The number of ether oxygens (including phenoxy) is 1. The van der Waals surface area contributed by atoms with Crippen LogP contribution in [0.25, 0.3) is 11.1 Å². The zero-order chi connectivity index (χ0) is 24.2. The quantitative estimate of drug-likeness (QED) is 0.343. The van der Waals surface area contributed by atoms with Crippen molar-refractivity contribution in [2.24, 2.45) is 5.92 Å². The minimum Gasteiger partial charge on any atom is -0.481 e. The maximum atomic E-state index is 12.5. The lowest BCUT2D eigenvalue weighted by atomic mass is 9.98. The van der Waals surface area contributed by atoms with E-state index in [9.17, 15) is 14.4 Å². The van der Waals surface area contributed by atoms with Gasteiger partial charge in [-0.3, -0.25) is 14.9 Å². The molecule has 2 amide bonds. The summed E-state index contributed by atoms with van der Waals surface area (Å²) in [6.45, 7) is 1.76.